The third-order valence-corrected chi connectivity index (χ3v) is 6.63. The van der Waals surface area contributed by atoms with Gasteiger partial charge in [-0.25, -0.2) is 0 Å². The number of rotatable bonds is 5. The van der Waals surface area contributed by atoms with E-state index in [-0.39, 0.29) is 5.91 Å². The van der Waals surface area contributed by atoms with Gasteiger partial charge in [-0.3, -0.25) is 4.79 Å². The lowest BCUT2D eigenvalue weighted by atomic mass is 10.1. The SMILES string of the molecule is Cc1ccc(SCCC(=O)Nc2sc3c(c2C#N)CCCCC3)cc1. The molecule has 0 fully saturated rings. The first-order chi connectivity index (χ1) is 12.2. The fourth-order valence-electron chi connectivity index (χ4n) is 3.03. The molecular weight excluding hydrogens is 348 g/mol. The summed E-state index contributed by atoms with van der Waals surface area (Å²) in [6, 6.07) is 10.7. The molecule has 130 valence electrons. The molecule has 0 spiro atoms. The molecule has 1 aromatic carbocycles. The Morgan fingerprint density at radius 1 is 1.24 bits per heavy atom. The monoisotopic (exact) mass is 370 g/mol. The first-order valence-electron chi connectivity index (χ1n) is 8.71. The zero-order chi connectivity index (χ0) is 17.6. The summed E-state index contributed by atoms with van der Waals surface area (Å²) >= 11 is 3.28. The lowest BCUT2D eigenvalue weighted by Gasteiger charge is -2.05. The van der Waals surface area contributed by atoms with Gasteiger partial charge in [0.1, 0.15) is 11.1 Å². The number of hydrogen-bond acceptors (Lipinski definition) is 4. The predicted molar refractivity (Wildman–Crippen MR) is 105 cm³/mol. The van der Waals surface area contributed by atoms with Crippen molar-refractivity contribution in [1.82, 2.24) is 0 Å². The van der Waals surface area contributed by atoms with Crippen LogP contribution in [0.3, 0.4) is 0 Å². The average molecular weight is 371 g/mol. The van der Waals surface area contributed by atoms with Gasteiger partial charge in [-0.15, -0.1) is 23.1 Å². The van der Waals surface area contributed by atoms with E-state index in [9.17, 15) is 10.1 Å². The Balaban J connectivity index is 1.57. The number of carbonyl (C=O) groups is 1. The van der Waals surface area contributed by atoms with Crippen LogP contribution in [0.25, 0.3) is 0 Å². The van der Waals surface area contributed by atoms with Crippen molar-refractivity contribution in [3.63, 3.8) is 0 Å². The lowest BCUT2D eigenvalue weighted by Crippen LogP contribution is -2.12. The molecule has 1 N–H and O–H groups in total. The molecule has 0 aliphatic heterocycles. The smallest absolute Gasteiger partial charge is 0.225 e. The van der Waals surface area contributed by atoms with E-state index >= 15 is 0 Å². The van der Waals surface area contributed by atoms with Crippen LogP contribution in [0.4, 0.5) is 5.00 Å². The first-order valence-corrected chi connectivity index (χ1v) is 10.5. The maximum absolute atomic E-state index is 12.3. The van der Waals surface area contributed by atoms with Crippen LogP contribution in [-0.4, -0.2) is 11.7 Å². The predicted octanol–water partition coefficient (Wildman–Crippen LogP) is 5.32. The van der Waals surface area contributed by atoms with Gasteiger partial charge in [-0.05, 0) is 50.3 Å². The van der Waals surface area contributed by atoms with E-state index in [2.05, 4.69) is 42.6 Å². The molecule has 1 aromatic heterocycles. The minimum atomic E-state index is -0.00692. The Morgan fingerprint density at radius 2 is 2.00 bits per heavy atom. The van der Waals surface area contributed by atoms with Gasteiger partial charge in [-0.2, -0.15) is 5.26 Å². The van der Waals surface area contributed by atoms with E-state index in [1.165, 1.54) is 33.7 Å². The molecule has 0 bridgehead atoms. The number of carbonyl (C=O) groups excluding carboxylic acids is 1. The standard InChI is InChI=1S/C20H22N2OS2/c1-14-7-9-15(10-8-14)24-12-11-19(23)22-20-17(13-21)16-5-3-2-4-6-18(16)25-20/h7-10H,2-6,11-12H2,1H3,(H,22,23). The molecule has 0 unspecified atom stereocenters. The van der Waals surface area contributed by atoms with Gasteiger partial charge >= 0.3 is 0 Å². The average Bonchev–Trinajstić information content (AvgIpc) is 2.76. The number of nitrogens with one attached hydrogen (secondary N) is 1. The molecule has 0 saturated carbocycles. The first kappa shape index (κ1) is 18.0. The third-order valence-electron chi connectivity index (χ3n) is 4.40. The Kier molecular flexibility index (Phi) is 6.17. The lowest BCUT2D eigenvalue weighted by molar-refractivity contribution is -0.115. The Morgan fingerprint density at radius 3 is 2.76 bits per heavy atom. The summed E-state index contributed by atoms with van der Waals surface area (Å²) in [7, 11) is 0. The van der Waals surface area contributed by atoms with Crippen LogP contribution in [0.5, 0.6) is 0 Å². The van der Waals surface area contributed by atoms with Crippen molar-refractivity contribution in [3.8, 4) is 6.07 Å². The third kappa shape index (κ3) is 4.65. The number of nitriles is 1. The number of anilines is 1. The highest BCUT2D eigenvalue weighted by Crippen LogP contribution is 2.37. The normalized spacial score (nSPS) is 13.6. The highest BCUT2D eigenvalue weighted by atomic mass is 32.2. The number of benzene rings is 1. The fourth-order valence-corrected chi connectivity index (χ4v) is 5.14. The maximum Gasteiger partial charge on any atom is 0.225 e. The topological polar surface area (TPSA) is 52.9 Å². The van der Waals surface area contributed by atoms with Crippen LogP contribution in [0.2, 0.25) is 0 Å². The molecular formula is C20H22N2OS2. The van der Waals surface area contributed by atoms with E-state index in [0.29, 0.717) is 12.0 Å². The highest BCUT2D eigenvalue weighted by Gasteiger charge is 2.20. The molecule has 1 aliphatic carbocycles. The van der Waals surface area contributed by atoms with Crippen LogP contribution in [0.15, 0.2) is 29.2 Å². The molecule has 1 amide bonds. The van der Waals surface area contributed by atoms with Gasteiger partial charge in [0.2, 0.25) is 5.91 Å². The second kappa shape index (κ2) is 8.55. The maximum atomic E-state index is 12.3. The van der Waals surface area contributed by atoms with Gasteiger partial charge in [0.05, 0.1) is 5.56 Å². The van der Waals surface area contributed by atoms with Crippen LogP contribution >= 0.6 is 23.1 Å². The molecule has 3 rings (SSSR count). The molecule has 3 nitrogen and oxygen atoms in total. The quantitative estimate of drug-likeness (QED) is 0.572. The van der Waals surface area contributed by atoms with Crippen molar-refractivity contribution < 1.29 is 4.79 Å². The van der Waals surface area contributed by atoms with Crippen molar-refractivity contribution in [2.75, 3.05) is 11.1 Å². The fraction of sp³-hybridized carbons (Fsp3) is 0.400. The van der Waals surface area contributed by atoms with Crippen molar-refractivity contribution in [2.45, 2.75) is 50.3 Å². The number of amides is 1. The van der Waals surface area contributed by atoms with Crippen LogP contribution in [0.1, 0.15) is 47.3 Å². The second-order valence-corrected chi connectivity index (χ2v) is 8.61. The Labute approximate surface area is 157 Å². The van der Waals surface area contributed by atoms with Crippen molar-refractivity contribution >= 4 is 34.0 Å². The summed E-state index contributed by atoms with van der Waals surface area (Å²) in [6.07, 6.45) is 6.00. The van der Waals surface area contributed by atoms with Crippen LogP contribution < -0.4 is 5.32 Å². The van der Waals surface area contributed by atoms with Gasteiger partial charge in [-0.1, -0.05) is 24.1 Å². The molecule has 1 heterocycles. The molecule has 1 aliphatic rings. The minimum Gasteiger partial charge on any atom is -0.317 e. The summed E-state index contributed by atoms with van der Waals surface area (Å²) in [5, 5.41) is 13.2. The number of thioether (sulfide) groups is 1. The molecule has 0 atom stereocenters. The Bertz CT molecular complexity index is 787. The summed E-state index contributed by atoms with van der Waals surface area (Å²) in [5.41, 5.74) is 3.11. The van der Waals surface area contributed by atoms with Gasteiger partial charge < -0.3 is 5.32 Å². The summed E-state index contributed by atoms with van der Waals surface area (Å²) in [4.78, 5) is 14.7. The molecule has 5 heteroatoms. The summed E-state index contributed by atoms with van der Waals surface area (Å²) in [6.45, 7) is 2.07. The molecule has 25 heavy (non-hydrogen) atoms. The zero-order valence-corrected chi connectivity index (χ0v) is 16.1. The van der Waals surface area contributed by atoms with E-state index in [1.54, 1.807) is 23.1 Å². The van der Waals surface area contributed by atoms with E-state index in [1.807, 2.05) is 0 Å². The van der Waals surface area contributed by atoms with Gasteiger partial charge in [0.25, 0.3) is 0 Å². The molecule has 0 radical (unpaired) electrons. The molecule has 0 saturated heterocycles. The number of hydrogen-bond donors (Lipinski definition) is 1. The summed E-state index contributed by atoms with van der Waals surface area (Å²) in [5.74, 6) is 0.731. The number of fused-ring (bicyclic) bond motifs is 1. The zero-order valence-electron chi connectivity index (χ0n) is 14.4. The number of aryl methyl sites for hydroxylation is 2. The van der Waals surface area contributed by atoms with Crippen LogP contribution in [0, 0.1) is 18.3 Å². The second-order valence-electron chi connectivity index (χ2n) is 6.34. The molecule has 2 aromatic rings. The van der Waals surface area contributed by atoms with Crippen molar-refractivity contribution in [3.05, 3.63) is 45.8 Å². The largest absolute Gasteiger partial charge is 0.317 e. The summed E-state index contributed by atoms with van der Waals surface area (Å²) < 4.78 is 0. The van der Waals surface area contributed by atoms with Crippen molar-refractivity contribution in [2.24, 2.45) is 0 Å². The minimum absolute atomic E-state index is 0.00692. The number of nitrogens with zero attached hydrogens (tertiary/aromatic N) is 1. The van der Waals surface area contributed by atoms with Gasteiger partial charge in [0, 0.05) is 21.9 Å². The van der Waals surface area contributed by atoms with Crippen molar-refractivity contribution in [1.29, 1.82) is 5.26 Å². The van der Waals surface area contributed by atoms with E-state index < -0.39 is 0 Å². The van der Waals surface area contributed by atoms with Gasteiger partial charge in [0.15, 0.2) is 0 Å². The number of thiophene rings is 1. The van der Waals surface area contributed by atoms with E-state index in [4.69, 9.17) is 0 Å². The van der Waals surface area contributed by atoms with E-state index in [0.717, 1.165) is 30.0 Å². The highest BCUT2D eigenvalue weighted by molar-refractivity contribution is 7.99. The Hall–Kier alpha value is -1.77. The van der Waals surface area contributed by atoms with Crippen LogP contribution in [-0.2, 0) is 17.6 Å².